The maximum atomic E-state index is 5.97. The van der Waals surface area contributed by atoms with E-state index in [1.54, 1.807) is 13.3 Å². The molecule has 1 rings (SSSR count). The lowest BCUT2D eigenvalue weighted by Crippen LogP contribution is -2.14. The van der Waals surface area contributed by atoms with Crippen molar-refractivity contribution < 1.29 is 4.74 Å². The first-order chi connectivity index (χ1) is 6.74. The van der Waals surface area contributed by atoms with Gasteiger partial charge in [-0.1, -0.05) is 0 Å². The summed E-state index contributed by atoms with van der Waals surface area (Å²) in [5.74, 6) is 0.867. The lowest BCUT2D eigenvalue weighted by atomic mass is 10.3. The average molecular weight is 218 g/mol. The van der Waals surface area contributed by atoms with Crippen molar-refractivity contribution >= 4 is 17.5 Å². The van der Waals surface area contributed by atoms with Gasteiger partial charge >= 0.3 is 0 Å². The average Bonchev–Trinajstić information content (AvgIpc) is 2.52. The number of aromatic nitrogens is 2. The number of hydrogen-bond acceptors (Lipinski definition) is 3. The van der Waals surface area contributed by atoms with E-state index < -0.39 is 0 Å². The third kappa shape index (κ3) is 3.55. The normalized spacial score (nSPS) is 12.8. The summed E-state index contributed by atoms with van der Waals surface area (Å²) in [7, 11) is 3.60. The largest absolute Gasteiger partial charge is 0.383 e. The monoisotopic (exact) mass is 217 g/mol. The van der Waals surface area contributed by atoms with Gasteiger partial charge in [-0.15, -0.1) is 11.6 Å². The number of anilines is 1. The summed E-state index contributed by atoms with van der Waals surface area (Å²) in [6, 6.07) is 0. The van der Waals surface area contributed by atoms with E-state index in [1.807, 2.05) is 17.8 Å². The number of rotatable bonds is 6. The molecule has 14 heavy (non-hydrogen) atoms. The molecule has 1 unspecified atom stereocenters. The summed E-state index contributed by atoms with van der Waals surface area (Å²) in [5, 5.41) is 3.26. The van der Waals surface area contributed by atoms with Gasteiger partial charge < -0.3 is 14.6 Å². The van der Waals surface area contributed by atoms with Crippen LogP contribution in [0.15, 0.2) is 12.4 Å². The Hall–Kier alpha value is -0.740. The molecule has 4 nitrogen and oxygen atoms in total. The first-order valence-electron chi connectivity index (χ1n) is 4.58. The summed E-state index contributed by atoms with van der Waals surface area (Å²) in [6.45, 7) is 1.40. The molecule has 0 radical (unpaired) electrons. The Bertz CT molecular complexity index is 264. The van der Waals surface area contributed by atoms with Crippen LogP contribution in [-0.2, 0) is 11.8 Å². The van der Waals surface area contributed by atoms with E-state index in [4.69, 9.17) is 16.3 Å². The molecular formula is C9H16ClN3O. The fraction of sp³-hybridized carbons (Fsp3) is 0.667. The van der Waals surface area contributed by atoms with E-state index in [0.717, 1.165) is 18.9 Å². The first kappa shape index (κ1) is 11.3. The first-order valence-corrected chi connectivity index (χ1v) is 5.02. The lowest BCUT2D eigenvalue weighted by Gasteiger charge is -2.09. The molecule has 0 aromatic carbocycles. The second kappa shape index (κ2) is 5.88. The molecule has 0 amide bonds. The molecule has 1 atom stereocenters. The Kier molecular flexibility index (Phi) is 4.76. The van der Waals surface area contributed by atoms with Gasteiger partial charge in [0.1, 0.15) is 0 Å². The highest BCUT2D eigenvalue weighted by atomic mass is 35.5. The van der Waals surface area contributed by atoms with Crippen molar-refractivity contribution in [1.29, 1.82) is 0 Å². The van der Waals surface area contributed by atoms with Gasteiger partial charge in [-0.3, -0.25) is 0 Å². The van der Waals surface area contributed by atoms with Gasteiger partial charge in [0.15, 0.2) is 0 Å². The van der Waals surface area contributed by atoms with Crippen LogP contribution in [0.3, 0.4) is 0 Å². The summed E-state index contributed by atoms with van der Waals surface area (Å²) >= 11 is 5.97. The summed E-state index contributed by atoms with van der Waals surface area (Å²) in [4.78, 5) is 4.14. The Labute approximate surface area is 89.2 Å². The van der Waals surface area contributed by atoms with Crippen LogP contribution in [-0.4, -0.2) is 35.2 Å². The Morgan fingerprint density at radius 1 is 1.71 bits per heavy atom. The highest BCUT2D eigenvalue weighted by molar-refractivity contribution is 6.20. The number of imidazole rings is 1. The lowest BCUT2D eigenvalue weighted by molar-refractivity contribution is 0.196. The van der Waals surface area contributed by atoms with Crippen molar-refractivity contribution in [3.63, 3.8) is 0 Å². The van der Waals surface area contributed by atoms with Gasteiger partial charge in [0.2, 0.25) is 5.95 Å². The smallest absolute Gasteiger partial charge is 0.202 e. The van der Waals surface area contributed by atoms with Crippen LogP contribution >= 0.6 is 11.6 Å². The van der Waals surface area contributed by atoms with Crippen molar-refractivity contribution in [3.05, 3.63) is 12.4 Å². The van der Waals surface area contributed by atoms with E-state index in [0.29, 0.717) is 6.61 Å². The number of nitrogens with one attached hydrogen (secondary N) is 1. The Morgan fingerprint density at radius 2 is 2.50 bits per heavy atom. The van der Waals surface area contributed by atoms with Crippen LogP contribution in [0, 0.1) is 0 Å². The zero-order valence-electron chi connectivity index (χ0n) is 8.53. The molecule has 0 bridgehead atoms. The zero-order valence-corrected chi connectivity index (χ0v) is 9.29. The van der Waals surface area contributed by atoms with Crippen LogP contribution in [0.4, 0.5) is 5.95 Å². The van der Waals surface area contributed by atoms with Crippen LogP contribution in [0.25, 0.3) is 0 Å². The molecule has 0 saturated heterocycles. The van der Waals surface area contributed by atoms with Gasteiger partial charge in [-0.05, 0) is 6.42 Å². The highest BCUT2D eigenvalue weighted by Crippen LogP contribution is 2.05. The standard InChI is InChI=1S/C9H16ClN3O/c1-13-6-5-12-9(13)11-4-3-8(10)7-14-2/h5-6,8H,3-4,7H2,1-2H3,(H,11,12). The number of methoxy groups -OCH3 is 1. The van der Waals surface area contributed by atoms with E-state index in [2.05, 4.69) is 10.3 Å². The molecule has 1 heterocycles. The fourth-order valence-corrected chi connectivity index (χ4v) is 1.38. The number of aryl methyl sites for hydroxylation is 1. The molecule has 5 heteroatoms. The fourth-order valence-electron chi connectivity index (χ4n) is 1.14. The number of alkyl halides is 1. The van der Waals surface area contributed by atoms with Gasteiger partial charge in [0.05, 0.1) is 12.0 Å². The Morgan fingerprint density at radius 3 is 3.07 bits per heavy atom. The minimum absolute atomic E-state index is 0.0627. The van der Waals surface area contributed by atoms with Gasteiger partial charge in [0.25, 0.3) is 0 Å². The summed E-state index contributed by atoms with van der Waals surface area (Å²) < 4.78 is 6.86. The predicted molar refractivity (Wildman–Crippen MR) is 57.8 cm³/mol. The third-order valence-corrected chi connectivity index (χ3v) is 2.25. The highest BCUT2D eigenvalue weighted by Gasteiger charge is 2.04. The molecule has 0 aliphatic rings. The summed E-state index contributed by atoms with van der Waals surface area (Å²) in [5.41, 5.74) is 0. The number of ether oxygens (including phenoxy) is 1. The minimum atomic E-state index is 0.0627. The topological polar surface area (TPSA) is 39.1 Å². The molecule has 0 aliphatic heterocycles. The molecule has 1 aromatic heterocycles. The van der Waals surface area contributed by atoms with Crippen LogP contribution in [0.5, 0.6) is 0 Å². The van der Waals surface area contributed by atoms with Crippen molar-refractivity contribution in [1.82, 2.24) is 9.55 Å². The van der Waals surface area contributed by atoms with Gasteiger partial charge in [-0.2, -0.15) is 0 Å². The zero-order chi connectivity index (χ0) is 10.4. The molecule has 0 fully saturated rings. The molecule has 0 saturated carbocycles. The third-order valence-electron chi connectivity index (χ3n) is 1.91. The van der Waals surface area contributed by atoms with E-state index in [9.17, 15) is 0 Å². The maximum Gasteiger partial charge on any atom is 0.202 e. The van der Waals surface area contributed by atoms with Crippen LogP contribution in [0.1, 0.15) is 6.42 Å². The number of nitrogens with zero attached hydrogens (tertiary/aromatic N) is 2. The number of hydrogen-bond donors (Lipinski definition) is 1. The molecule has 0 spiro atoms. The van der Waals surface area contributed by atoms with Gasteiger partial charge in [0, 0.05) is 33.1 Å². The molecule has 0 aliphatic carbocycles. The molecule has 1 aromatic rings. The van der Waals surface area contributed by atoms with E-state index in [-0.39, 0.29) is 5.38 Å². The van der Waals surface area contributed by atoms with Gasteiger partial charge in [-0.25, -0.2) is 4.98 Å². The minimum Gasteiger partial charge on any atom is -0.383 e. The second-order valence-electron chi connectivity index (χ2n) is 3.13. The van der Waals surface area contributed by atoms with E-state index in [1.165, 1.54) is 0 Å². The van der Waals surface area contributed by atoms with Crippen molar-refractivity contribution in [2.45, 2.75) is 11.8 Å². The maximum absolute atomic E-state index is 5.97. The second-order valence-corrected chi connectivity index (χ2v) is 3.75. The van der Waals surface area contributed by atoms with Crippen LogP contribution < -0.4 is 5.32 Å². The van der Waals surface area contributed by atoms with Crippen molar-refractivity contribution in [3.8, 4) is 0 Å². The molecule has 1 N–H and O–H groups in total. The van der Waals surface area contributed by atoms with Crippen LogP contribution in [0.2, 0.25) is 0 Å². The molecule has 80 valence electrons. The van der Waals surface area contributed by atoms with Crippen molar-refractivity contribution in [2.75, 3.05) is 25.6 Å². The number of halogens is 1. The predicted octanol–water partition coefficient (Wildman–Crippen LogP) is 1.48. The SMILES string of the molecule is COCC(Cl)CCNc1nccn1C. The summed E-state index contributed by atoms with van der Waals surface area (Å²) in [6.07, 6.45) is 4.52. The molecular weight excluding hydrogens is 202 g/mol. The quantitative estimate of drug-likeness (QED) is 0.734. The van der Waals surface area contributed by atoms with Crippen molar-refractivity contribution in [2.24, 2.45) is 7.05 Å². The van der Waals surface area contributed by atoms with E-state index >= 15 is 0 Å². The Balaban J connectivity index is 2.19.